The van der Waals surface area contributed by atoms with E-state index in [-0.39, 0.29) is 12.2 Å². The molecule has 6 heteroatoms. The van der Waals surface area contributed by atoms with Gasteiger partial charge in [0.1, 0.15) is 11.6 Å². The predicted molar refractivity (Wildman–Crippen MR) is 115 cm³/mol. The van der Waals surface area contributed by atoms with Gasteiger partial charge >= 0.3 is 11.9 Å². The summed E-state index contributed by atoms with van der Waals surface area (Å²) in [6.07, 6.45) is -0.482. The van der Waals surface area contributed by atoms with Crippen LogP contribution in [0.3, 0.4) is 0 Å². The van der Waals surface area contributed by atoms with Crippen molar-refractivity contribution in [2.75, 3.05) is 6.61 Å². The first-order chi connectivity index (χ1) is 15.5. The second kappa shape index (κ2) is 8.75. The molecule has 0 bridgehead atoms. The molecule has 4 rings (SSSR count). The van der Waals surface area contributed by atoms with E-state index in [1.807, 2.05) is 6.07 Å². The van der Waals surface area contributed by atoms with Crippen molar-refractivity contribution < 1.29 is 28.2 Å². The first-order valence-electron chi connectivity index (χ1n) is 10.3. The molecule has 32 heavy (non-hydrogen) atoms. The Balaban J connectivity index is 1.91. The Bertz CT molecular complexity index is 1160. The summed E-state index contributed by atoms with van der Waals surface area (Å²) in [7, 11) is 0. The third kappa shape index (κ3) is 3.68. The van der Waals surface area contributed by atoms with Crippen LogP contribution in [0.25, 0.3) is 0 Å². The maximum Gasteiger partial charge on any atom is 0.330 e. The Kier molecular flexibility index (Phi) is 5.86. The van der Waals surface area contributed by atoms with Crippen molar-refractivity contribution in [3.8, 4) is 5.75 Å². The first kappa shape index (κ1) is 21.4. The molecule has 0 aromatic heterocycles. The third-order valence-corrected chi connectivity index (χ3v) is 5.67. The highest BCUT2D eigenvalue weighted by Gasteiger charge is 2.60. The highest BCUT2D eigenvalue weighted by atomic mass is 19.1. The fourth-order valence-electron chi connectivity index (χ4n) is 4.19. The van der Waals surface area contributed by atoms with Gasteiger partial charge in [-0.2, -0.15) is 0 Å². The summed E-state index contributed by atoms with van der Waals surface area (Å²) in [6.45, 7) is 1.66. The highest BCUT2D eigenvalue weighted by Crippen LogP contribution is 2.52. The molecule has 0 amide bonds. The van der Waals surface area contributed by atoms with Gasteiger partial charge in [-0.15, -0.1) is 0 Å². The summed E-state index contributed by atoms with van der Waals surface area (Å²) in [6, 6.07) is 21.0. The number of benzene rings is 3. The molecule has 0 fully saturated rings. The molecular weight excluding hydrogens is 411 g/mol. The fraction of sp³-hybridized carbons (Fsp3) is 0.192. The zero-order chi connectivity index (χ0) is 22.7. The van der Waals surface area contributed by atoms with Gasteiger partial charge in [0, 0.05) is 23.5 Å². The number of hydrogen-bond donors (Lipinski definition) is 0. The second-order valence-electron chi connectivity index (χ2n) is 7.57. The molecule has 0 spiro atoms. The van der Waals surface area contributed by atoms with Gasteiger partial charge in [0.05, 0.1) is 6.61 Å². The van der Waals surface area contributed by atoms with Crippen LogP contribution < -0.4 is 4.74 Å². The Morgan fingerprint density at radius 2 is 1.62 bits per heavy atom. The van der Waals surface area contributed by atoms with Crippen molar-refractivity contribution in [2.45, 2.75) is 19.3 Å². The molecule has 3 aromatic rings. The van der Waals surface area contributed by atoms with E-state index in [9.17, 15) is 18.8 Å². The fourth-order valence-corrected chi connectivity index (χ4v) is 4.19. The van der Waals surface area contributed by atoms with E-state index in [1.165, 1.54) is 12.1 Å². The Morgan fingerprint density at radius 3 is 2.31 bits per heavy atom. The van der Waals surface area contributed by atoms with Crippen LogP contribution in [0.5, 0.6) is 5.75 Å². The minimum atomic E-state index is -1.93. The van der Waals surface area contributed by atoms with Crippen LogP contribution in [-0.4, -0.2) is 24.3 Å². The number of rotatable bonds is 6. The zero-order valence-corrected chi connectivity index (χ0v) is 17.4. The molecule has 1 heterocycles. The zero-order valence-electron chi connectivity index (χ0n) is 17.4. The molecule has 0 aliphatic carbocycles. The molecule has 0 saturated heterocycles. The van der Waals surface area contributed by atoms with E-state index in [1.54, 1.807) is 55.5 Å². The van der Waals surface area contributed by atoms with Gasteiger partial charge in [-0.1, -0.05) is 48.5 Å². The minimum absolute atomic E-state index is 0.0295. The van der Waals surface area contributed by atoms with Crippen molar-refractivity contribution in [2.24, 2.45) is 5.41 Å². The maximum absolute atomic E-state index is 13.5. The summed E-state index contributed by atoms with van der Waals surface area (Å²) in [5, 5.41) is 0. The van der Waals surface area contributed by atoms with Gasteiger partial charge in [-0.05, 0) is 42.8 Å². The van der Waals surface area contributed by atoms with Gasteiger partial charge in [-0.3, -0.25) is 14.4 Å². The van der Waals surface area contributed by atoms with Crippen molar-refractivity contribution in [1.29, 1.82) is 0 Å². The lowest BCUT2D eigenvalue weighted by atomic mass is 9.64. The number of para-hydroxylation sites is 1. The molecule has 3 aromatic carbocycles. The molecule has 1 aliphatic rings. The molecule has 5 nitrogen and oxygen atoms in total. The topological polar surface area (TPSA) is 69.7 Å². The standard InChI is InChI=1S/C26H21FO5/c1-2-31-24(29)26(16-21(28)17-12-14-19(27)15-13-17)23(18-8-4-3-5-9-18)20-10-6-7-11-22(20)32-25(26)30/h3-15,23H,2,16H2,1H3/t23-,26+/m0/s1. The SMILES string of the molecule is CCOC(=O)[C@]1(CC(=O)c2ccc(F)cc2)C(=O)Oc2ccccc2[C@@H]1c1ccccc1. The van der Waals surface area contributed by atoms with Crippen LogP contribution in [0.4, 0.5) is 4.39 Å². The first-order valence-corrected chi connectivity index (χ1v) is 10.3. The maximum atomic E-state index is 13.5. The van der Waals surface area contributed by atoms with Crippen molar-refractivity contribution in [3.05, 3.63) is 101 Å². The summed E-state index contributed by atoms with van der Waals surface area (Å²) >= 11 is 0. The van der Waals surface area contributed by atoms with Gasteiger partial charge in [0.2, 0.25) is 0 Å². The quantitative estimate of drug-likeness (QED) is 0.244. The molecule has 2 atom stereocenters. The number of ether oxygens (including phenoxy) is 2. The summed E-state index contributed by atoms with van der Waals surface area (Å²) in [5.41, 5.74) is -0.458. The van der Waals surface area contributed by atoms with E-state index < -0.39 is 41.3 Å². The molecule has 0 radical (unpaired) electrons. The molecular formula is C26H21FO5. The molecule has 0 unspecified atom stereocenters. The van der Waals surface area contributed by atoms with E-state index in [0.29, 0.717) is 16.9 Å². The monoisotopic (exact) mass is 432 g/mol. The lowest BCUT2D eigenvalue weighted by Gasteiger charge is -2.40. The van der Waals surface area contributed by atoms with Crippen LogP contribution >= 0.6 is 0 Å². The number of hydrogen-bond acceptors (Lipinski definition) is 5. The number of fused-ring (bicyclic) bond motifs is 1. The van der Waals surface area contributed by atoms with Gasteiger partial charge in [-0.25, -0.2) is 4.39 Å². The van der Waals surface area contributed by atoms with Crippen molar-refractivity contribution >= 4 is 17.7 Å². The van der Waals surface area contributed by atoms with Gasteiger partial charge in [0.15, 0.2) is 11.2 Å². The van der Waals surface area contributed by atoms with Crippen molar-refractivity contribution in [3.63, 3.8) is 0 Å². The van der Waals surface area contributed by atoms with Crippen LogP contribution in [0, 0.1) is 11.2 Å². The number of carbonyl (C=O) groups is 3. The van der Waals surface area contributed by atoms with Crippen molar-refractivity contribution in [1.82, 2.24) is 0 Å². The summed E-state index contributed by atoms with van der Waals surface area (Å²) in [4.78, 5) is 40.1. The van der Waals surface area contributed by atoms with Crippen LogP contribution in [0.15, 0.2) is 78.9 Å². The van der Waals surface area contributed by atoms with E-state index >= 15 is 0 Å². The Morgan fingerprint density at radius 1 is 0.969 bits per heavy atom. The normalized spacial score (nSPS) is 19.6. The lowest BCUT2D eigenvalue weighted by molar-refractivity contribution is -0.169. The largest absolute Gasteiger partial charge is 0.465 e. The minimum Gasteiger partial charge on any atom is -0.465 e. The summed E-state index contributed by atoms with van der Waals surface area (Å²) in [5.74, 6) is -3.13. The Labute approximate surface area is 184 Å². The number of ketones is 1. The average Bonchev–Trinajstić information content (AvgIpc) is 2.80. The highest BCUT2D eigenvalue weighted by molar-refractivity contribution is 6.10. The molecule has 1 aliphatic heterocycles. The lowest BCUT2D eigenvalue weighted by Crippen LogP contribution is -2.52. The second-order valence-corrected chi connectivity index (χ2v) is 7.57. The Hall–Kier alpha value is -3.80. The van der Waals surface area contributed by atoms with E-state index in [4.69, 9.17) is 9.47 Å². The van der Waals surface area contributed by atoms with Gasteiger partial charge < -0.3 is 9.47 Å². The van der Waals surface area contributed by atoms with Crippen LogP contribution in [0.2, 0.25) is 0 Å². The summed E-state index contributed by atoms with van der Waals surface area (Å²) < 4.78 is 24.3. The number of halogens is 1. The molecule has 0 N–H and O–H groups in total. The number of esters is 2. The van der Waals surface area contributed by atoms with Crippen LogP contribution in [-0.2, 0) is 14.3 Å². The van der Waals surface area contributed by atoms with E-state index in [2.05, 4.69) is 0 Å². The molecule has 162 valence electrons. The van der Waals surface area contributed by atoms with Crippen LogP contribution in [0.1, 0.15) is 40.7 Å². The number of Topliss-reactive ketones (excluding diaryl/α,β-unsaturated/α-hetero) is 1. The van der Waals surface area contributed by atoms with E-state index in [0.717, 1.165) is 12.1 Å². The predicted octanol–water partition coefficient (Wildman–Crippen LogP) is 4.70. The molecule has 0 saturated carbocycles. The smallest absolute Gasteiger partial charge is 0.330 e. The third-order valence-electron chi connectivity index (χ3n) is 5.67. The number of carbonyl (C=O) groups excluding carboxylic acids is 3. The average molecular weight is 432 g/mol. The van der Waals surface area contributed by atoms with Gasteiger partial charge in [0.25, 0.3) is 0 Å².